The number of carbonyl (C=O) groups is 1. The van der Waals surface area contributed by atoms with Gasteiger partial charge in [0.2, 0.25) is 0 Å². The Morgan fingerprint density at radius 3 is 2.41 bits per heavy atom. The second-order valence-electron chi connectivity index (χ2n) is 3.60. The Morgan fingerprint density at radius 1 is 1.24 bits per heavy atom. The van der Waals surface area contributed by atoms with Crippen molar-refractivity contribution in [1.29, 1.82) is 0 Å². The first-order chi connectivity index (χ1) is 8.20. The molecule has 17 heavy (non-hydrogen) atoms. The number of esters is 1. The summed E-state index contributed by atoms with van der Waals surface area (Å²) in [5.41, 5.74) is 2.47. The van der Waals surface area contributed by atoms with Gasteiger partial charge in [0.05, 0.1) is 19.3 Å². The highest BCUT2D eigenvalue weighted by Gasteiger charge is 2.14. The SMILES string of the molecule is CCOCC(C(=O)OC)=C(C)c1ccccc1. The fourth-order valence-corrected chi connectivity index (χ4v) is 1.51. The smallest absolute Gasteiger partial charge is 0.336 e. The Kier molecular flexibility index (Phi) is 5.43. The summed E-state index contributed by atoms with van der Waals surface area (Å²) < 4.78 is 10.1. The third-order valence-electron chi connectivity index (χ3n) is 2.54. The van der Waals surface area contributed by atoms with Gasteiger partial charge in [-0.15, -0.1) is 0 Å². The van der Waals surface area contributed by atoms with E-state index >= 15 is 0 Å². The highest BCUT2D eigenvalue weighted by molar-refractivity contribution is 5.97. The molecule has 0 saturated carbocycles. The predicted molar refractivity (Wildman–Crippen MR) is 67.5 cm³/mol. The number of ether oxygens (including phenoxy) is 2. The molecule has 0 aliphatic heterocycles. The van der Waals surface area contributed by atoms with Crippen LogP contribution in [-0.2, 0) is 14.3 Å². The number of carbonyl (C=O) groups excluding carboxylic acids is 1. The molecule has 0 saturated heterocycles. The van der Waals surface area contributed by atoms with Crippen molar-refractivity contribution < 1.29 is 14.3 Å². The van der Waals surface area contributed by atoms with Crippen LogP contribution in [0.25, 0.3) is 5.57 Å². The van der Waals surface area contributed by atoms with Crippen molar-refractivity contribution in [3.8, 4) is 0 Å². The maximum Gasteiger partial charge on any atom is 0.336 e. The molecule has 0 fully saturated rings. The molecule has 0 aliphatic rings. The molecular weight excluding hydrogens is 216 g/mol. The number of methoxy groups -OCH3 is 1. The Labute approximate surface area is 102 Å². The summed E-state index contributed by atoms with van der Waals surface area (Å²) in [6.45, 7) is 4.65. The zero-order valence-electron chi connectivity index (χ0n) is 10.5. The number of rotatable bonds is 5. The van der Waals surface area contributed by atoms with E-state index < -0.39 is 0 Å². The molecule has 0 aromatic heterocycles. The Bertz CT molecular complexity index is 393. The van der Waals surface area contributed by atoms with Crippen LogP contribution < -0.4 is 0 Å². The summed E-state index contributed by atoms with van der Waals surface area (Å²) in [4.78, 5) is 11.7. The summed E-state index contributed by atoms with van der Waals surface area (Å²) >= 11 is 0. The Hall–Kier alpha value is -1.61. The first kappa shape index (κ1) is 13.5. The number of benzene rings is 1. The maximum absolute atomic E-state index is 11.7. The maximum atomic E-state index is 11.7. The summed E-state index contributed by atoms with van der Waals surface area (Å²) in [7, 11) is 1.38. The lowest BCUT2D eigenvalue weighted by molar-refractivity contribution is -0.136. The standard InChI is InChI=1S/C14H18O3/c1-4-17-10-13(14(15)16-3)11(2)12-8-6-5-7-9-12/h5-9H,4,10H2,1-3H3. The summed E-state index contributed by atoms with van der Waals surface area (Å²) in [5, 5.41) is 0. The van der Waals surface area contributed by atoms with Crippen molar-refractivity contribution in [2.45, 2.75) is 13.8 Å². The van der Waals surface area contributed by atoms with Crippen molar-refractivity contribution in [2.75, 3.05) is 20.3 Å². The third-order valence-corrected chi connectivity index (χ3v) is 2.54. The van der Waals surface area contributed by atoms with Gasteiger partial charge < -0.3 is 9.47 Å². The van der Waals surface area contributed by atoms with Crippen molar-refractivity contribution in [1.82, 2.24) is 0 Å². The molecule has 3 nitrogen and oxygen atoms in total. The van der Waals surface area contributed by atoms with Gasteiger partial charge in [-0.2, -0.15) is 0 Å². The molecule has 3 heteroatoms. The van der Waals surface area contributed by atoms with Gasteiger partial charge in [0.15, 0.2) is 0 Å². The van der Waals surface area contributed by atoms with E-state index in [0.717, 1.165) is 11.1 Å². The molecule has 1 aromatic carbocycles. The van der Waals surface area contributed by atoms with Crippen molar-refractivity contribution >= 4 is 11.5 Å². The summed E-state index contributed by atoms with van der Waals surface area (Å²) in [6.07, 6.45) is 0. The van der Waals surface area contributed by atoms with E-state index in [4.69, 9.17) is 9.47 Å². The van der Waals surface area contributed by atoms with E-state index in [2.05, 4.69) is 0 Å². The lowest BCUT2D eigenvalue weighted by Gasteiger charge is -2.10. The molecule has 0 unspecified atom stereocenters. The van der Waals surface area contributed by atoms with E-state index in [1.807, 2.05) is 44.2 Å². The van der Waals surface area contributed by atoms with E-state index in [1.165, 1.54) is 7.11 Å². The van der Waals surface area contributed by atoms with Gasteiger partial charge in [-0.05, 0) is 25.0 Å². The van der Waals surface area contributed by atoms with Crippen LogP contribution in [0.1, 0.15) is 19.4 Å². The minimum atomic E-state index is -0.334. The van der Waals surface area contributed by atoms with E-state index in [1.54, 1.807) is 0 Å². The molecule has 1 rings (SSSR count). The molecule has 0 bridgehead atoms. The molecule has 0 N–H and O–H groups in total. The number of allylic oxidation sites excluding steroid dienone is 1. The van der Waals surface area contributed by atoms with E-state index in [-0.39, 0.29) is 12.6 Å². The van der Waals surface area contributed by atoms with Gasteiger partial charge in [-0.1, -0.05) is 30.3 Å². The summed E-state index contributed by atoms with van der Waals surface area (Å²) in [5.74, 6) is -0.334. The van der Waals surface area contributed by atoms with Crippen LogP contribution in [0.4, 0.5) is 0 Å². The minimum absolute atomic E-state index is 0.282. The lowest BCUT2D eigenvalue weighted by atomic mass is 10.0. The average Bonchev–Trinajstić information content (AvgIpc) is 2.39. The fraction of sp³-hybridized carbons (Fsp3) is 0.357. The first-order valence-corrected chi connectivity index (χ1v) is 5.62. The normalized spacial score (nSPS) is 11.9. The third kappa shape index (κ3) is 3.71. The second kappa shape index (κ2) is 6.86. The van der Waals surface area contributed by atoms with Crippen molar-refractivity contribution in [3.63, 3.8) is 0 Å². The van der Waals surface area contributed by atoms with E-state index in [0.29, 0.717) is 12.2 Å². The van der Waals surface area contributed by atoms with Crippen LogP contribution >= 0.6 is 0 Å². The van der Waals surface area contributed by atoms with Crippen molar-refractivity contribution in [2.24, 2.45) is 0 Å². The highest BCUT2D eigenvalue weighted by Crippen LogP contribution is 2.19. The number of hydrogen-bond donors (Lipinski definition) is 0. The van der Waals surface area contributed by atoms with E-state index in [9.17, 15) is 4.79 Å². The average molecular weight is 234 g/mol. The molecule has 0 amide bonds. The molecule has 92 valence electrons. The van der Waals surface area contributed by atoms with Crippen molar-refractivity contribution in [3.05, 3.63) is 41.5 Å². The Balaban J connectivity index is 3.04. The summed E-state index contributed by atoms with van der Waals surface area (Å²) in [6, 6.07) is 9.74. The van der Waals surface area contributed by atoms with Crippen LogP contribution in [0.2, 0.25) is 0 Å². The molecular formula is C14H18O3. The van der Waals surface area contributed by atoms with Crippen LogP contribution in [-0.4, -0.2) is 26.3 Å². The minimum Gasteiger partial charge on any atom is -0.466 e. The van der Waals surface area contributed by atoms with Gasteiger partial charge in [0, 0.05) is 6.61 Å². The van der Waals surface area contributed by atoms with Gasteiger partial charge in [0.1, 0.15) is 0 Å². The fourth-order valence-electron chi connectivity index (χ4n) is 1.51. The van der Waals surface area contributed by atoms with Gasteiger partial charge in [-0.25, -0.2) is 4.79 Å². The lowest BCUT2D eigenvalue weighted by Crippen LogP contribution is -2.12. The van der Waals surface area contributed by atoms with Crippen LogP contribution in [0.15, 0.2) is 35.9 Å². The van der Waals surface area contributed by atoms with Crippen LogP contribution in [0, 0.1) is 0 Å². The zero-order chi connectivity index (χ0) is 12.7. The monoisotopic (exact) mass is 234 g/mol. The molecule has 0 aliphatic carbocycles. The van der Waals surface area contributed by atoms with Crippen LogP contribution in [0.5, 0.6) is 0 Å². The quantitative estimate of drug-likeness (QED) is 0.580. The molecule has 0 radical (unpaired) electrons. The molecule has 0 atom stereocenters. The van der Waals surface area contributed by atoms with Gasteiger partial charge >= 0.3 is 5.97 Å². The molecule has 0 spiro atoms. The van der Waals surface area contributed by atoms with Gasteiger partial charge in [-0.3, -0.25) is 0 Å². The highest BCUT2D eigenvalue weighted by atomic mass is 16.5. The van der Waals surface area contributed by atoms with Gasteiger partial charge in [0.25, 0.3) is 0 Å². The largest absolute Gasteiger partial charge is 0.466 e. The zero-order valence-corrected chi connectivity index (χ0v) is 10.5. The number of hydrogen-bond acceptors (Lipinski definition) is 3. The molecule has 1 aromatic rings. The Morgan fingerprint density at radius 2 is 1.88 bits per heavy atom. The second-order valence-corrected chi connectivity index (χ2v) is 3.60. The van der Waals surface area contributed by atoms with Crippen LogP contribution in [0.3, 0.4) is 0 Å². The topological polar surface area (TPSA) is 35.5 Å². The first-order valence-electron chi connectivity index (χ1n) is 5.62. The predicted octanol–water partition coefficient (Wildman–Crippen LogP) is 2.67. The molecule has 0 heterocycles.